The number of aryl methyl sites for hydroxylation is 1. The molecule has 14 heavy (non-hydrogen) atoms. The average molecular weight is 203 g/mol. The predicted octanol–water partition coefficient (Wildman–Crippen LogP) is 3.60. The highest BCUT2D eigenvalue weighted by atomic mass is 32.1. The first-order valence-corrected chi connectivity index (χ1v) is 5.62. The predicted molar refractivity (Wildman–Crippen MR) is 60.8 cm³/mol. The molecule has 1 heterocycles. The molecule has 2 aromatic rings. The number of thiazole rings is 1. The molecule has 0 radical (unpaired) electrons. The molecule has 0 aliphatic carbocycles. The van der Waals surface area contributed by atoms with E-state index >= 15 is 0 Å². The number of aromatic nitrogens is 1. The molecule has 1 aromatic carbocycles. The summed E-state index contributed by atoms with van der Waals surface area (Å²) >= 11 is 1.74. The molecule has 72 valence electrons. The van der Waals surface area contributed by atoms with Crippen molar-refractivity contribution in [1.82, 2.24) is 4.98 Å². The first-order chi connectivity index (χ1) is 6.79. The minimum atomic E-state index is 0.462. The highest BCUT2D eigenvalue weighted by Gasteiger charge is 2.12. The van der Waals surface area contributed by atoms with Crippen LogP contribution in [0, 0.1) is 6.92 Å². The van der Waals surface area contributed by atoms with Gasteiger partial charge in [0.25, 0.3) is 0 Å². The minimum Gasteiger partial charge on any atom is -0.250 e. The van der Waals surface area contributed by atoms with Gasteiger partial charge in [-0.2, -0.15) is 0 Å². The first-order valence-electron chi connectivity index (χ1n) is 4.74. The number of hydrogen-bond acceptors (Lipinski definition) is 2. The van der Waals surface area contributed by atoms with Gasteiger partial charge < -0.3 is 0 Å². The van der Waals surface area contributed by atoms with E-state index in [1.165, 1.54) is 10.4 Å². The molecule has 0 saturated heterocycles. The second kappa shape index (κ2) is 3.93. The van der Waals surface area contributed by atoms with Gasteiger partial charge in [0.1, 0.15) is 0 Å². The van der Waals surface area contributed by atoms with Crippen molar-refractivity contribution < 1.29 is 0 Å². The van der Waals surface area contributed by atoms with Crippen LogP contribution in [0.4, 0.5) is 0 Å². The van der Waals surface area contributed by atoms with Crippen molar-refractivity contribution in [2.24, 2.45) is 0 Å². The summed E-state index contributed by atoms with van der Waals surface area (Å²) in [6.07, 6.45) is 0. The van der Waals surface area contributed by atoms with E-state index < -0.39 is 0 Å². The standard InChI is InChI=1S/C12H13NS/c1-9(11-6-4-3-5-7-11)12-10(2)13-8-14-12/h3-9H,1-2H3. The van der Waals surface area contributed by atoms with Gasteiger partial charge in [0.15, 0.2) is 0 Å². The Labute approximate surface area is 88.4 Å². The Hall–Kier alpha value is -1.15. The van der Waals surface area contributed by atoms with Crippen LogP contribution in [0.25, 0.3) is 0 Å². The molecule has 0 bridgehead atoms. The van der Waals surface area contributed by atoms with Gasteiger partial charge in [-0.3, -0.25) is 0 Å². The molecule has 2 rings (SSSR count). The smallest absolute Gasteiger partial charge is 0.0797 e. The molecule has 1 nitrogen and oxygen atoms in total. The second-order valence-electron chi connectivity index (χ2n) is 3.43. The summed E-state index contributed by atoms with van der Waals surface area (Å²) in [7, 11) is 0. The van der Waals surface area contributed by atoms with Crippen LogP contribution in [0.2, 0.25) is 0 Å². The molecule has 1 unspecified atom stereocenters. The Kier molecular flexibility index (Phi) is 2.64. The third-order valence-corrected chi connectivity index (χ3v) is 3.59. The maximum atomic E-state index is 4.28. The Morgan fingerprint density at radius 2 is 1.93 bits per heavy atom. The molecule has 0 N–H and O–H groups in total. The van der Waals surface area contributed by atoms with E-state index in [9.17, 15) is 0 Å². The van der Waals surface area contributed by atoms with Gasteiger partial charge in [-0.1, -0.05) is 37.3 Å². The van der Waals surface area contributed by atoms with Crippen LogP contribution in [-0.4, -0.2) is 4.98 Å². The summed E-state index contributed by atoms with van der Waals surface area (Å²) < 4.78 is 0. The van der Waals surface area contributed by atoms with Crippen LogP contribution in [0.3, 0.4) is 0 Å². The highest BCUT2D eigenvalue weighted by molar-refractivity contribution is 7.09. The van der Waals surface area contributed by atoms with Gasteiger partial charge in [0, 0.05) is 10.8 Å². The number of hydrogen-bond donors (Lipinski definition) is 0. The summed E-state index contributed by atoms with van der Waals surface area (Å²) in [5.41, 5.74) is 4.44. The van der Waals surface area contributed by atoms with Crippen molar-refractivity contribution in [3.8, 4) is 0 Å². The van der Waals surface area contributed by atoms with Gasteiger partial charge in [0.2, 0.25) is 0 Å². The lowest BCUT2D eigenvalue weighted by atomic mass is 9.99. The molecule has 0 aliphatic rings. The number of nitrogens with zero attached hydrogens (tertiary/aromatic N) is 1. The summed E-state index contributed by atoms with van der Waals surface area (Å²) in [5, 5.41) is 0. The molecule has 1 aromatic heterocycles. The molecular formula is C12H13NS. The summed E-state index contributed by atoms with van der Waals surface area (Å²) in [6, 6.07) is 10.6. The van der Waals surface area contributed by atoms with Crippen molar-refractivity contribution in [2.45, 2.75) is 19.8 Å². The van der Waals surface area contributed by atoms with E-state index in [0.29, 0.717) is 5.92 Å². The summed E-state index contributed by atoms with van der Waals surface area (Å²) in [6.45, 7) is 4.31. The molecule has 0 spiro atoms. The van der Waals surface area contributed by atoms with Gasteiger partial charge in [-0.15, -0.1) is 11.3 Å². The Bertz CT molecular complexity index is 405. The lowest BCUT2D eigenvalue weighted by Crippen LogP contribution is -1.94. The lowest BCUT2D eigenvalue weighted by molar-refractivity contribution is 0.927. The van der Waals surface area contributed by atoms with Crippen LogP contribution < -0.4 is 0 Å². The quantitative estimate of drug-likeness (QED) is 0.726. The fraction of sp³-hybridized carbons (Fsp3) is 0.250. The van der Waals surface area contributed by atoms with Crippen LogP contribution in [0.1, 0.15) is 29.0 Å². The van der Waals surface area contributed by atoms with Gasteiger partial charge in [0.05, 0.1) is 11.2 Å². The lowest BCUT2D eigenvalue weighted by Gasteiger charge is -2.09. The van der Waals surface area contributed by atoms with Crippen molar-refractivity contribution >= 4 is 11.3 Å². The maximum Gasteiger partial charge on any atom is 0.0797 e. The zero-order chi connectivity index (χ0) is 9.97. The average Bonchev–Trinajstić information content (AvgIpc) is 2.65. The number of benzene rings is 1. The fourth-order valence-corrected chi connectivity index (χ4v) is 2.51. The van der Waals surface area contributed by atoms with Crippen LogP contribution in [0.15, 0.2) is 35.8 Å². The third-order valence-electron chi connectivity index (χ3n) is 2.48. The van der Waals surface area contributed by atoms with Crippen LogP contribution >= 0.6 is 11.3 Å². The maximum absolute atomic E-state index is 4.28. The zero-order valence-corrected chi connectivity index (χ0v) is 9.21. The summed E-state index contributed by atoms with van der Waals surface area (Å²) in [4.78, 5) is 5.65. The third kappa shape index (κ3) is 1.70. The van der Waals surface area contributed by atoms with E-state index in [-0.39, 0.29) is 0 Å². The minimum absolute atomic E-state index is 0.462. The largest absolute Gasteiger partial charge is 0.250 e. The molecule has 0 saturated carbocycles. The SMILES string of the molecule is Cc1ncsc1C(C)c1ccccc1. The van der Waals surface area contributed by atoms with Crippen molar-refractivity contribution in [3.05, 3.63) is 52.0 Å². The summed E-state index contributed by atoms with van der Waals surface area (Å²) in [5.74, 6) is 0.462. The van der Waals surface area contributed by atoms with E-state index in [1.807, 2.05) is 5.51 Å². The molecular weight excluding hydrogens is 190 g/mol. The monoisotopic (exact) mass is 203 g/mol. The van der Waals surface area contributed by atoms with E-state index in [4.69, 9.17) is 0 Å². The number of rotatable bonds is 2. The molecule has 1 atom stereocenters. The molecule has 0 aliphatic heterocycles. The highest BCUT2D eigenvalue weighted by Crippen LogP contribution is 2.28. The normalized spacial score (nSPS) is 12.7. The molecule has 0 amide bonds. The topological polar surface area (TPSA) is 12.9 Å². The Morgan fingerprint density at radius 1 is 1.21 bits per heavy atom. The van der Waals surface area contributed by atoms with Crippen LogP contribution in [0.5, 0.6) is 0 Å². The van der Waals surface area contributed by atoms with Crippen molar-refractivity contribution in [2.75, 3.05) is 0 Å². The van der Waals surface area contributed by atoms with Gasteiger partial charge >= 0.3 is 0 Å². The van der Waals surface area contributed by atoms with E-state index in [0.717, 1.165) is 5.69 Å². The van der Waals surface area contributed by atoms with Crippen molar-refractivity contribution in [1.29, 1.82) is 0 Å². The van der Waals surface area contributed by atoms with Crippen molar-refractivity contribution in [3.63, 3.8) is 0 Å². The van der Waals surface area contributed by atoms with Crippen LogP contribution in [-0.2, 0) is 0 Å². The second-order valence-corrected chi connectivity index (χ2v) is 4.32. The fourth-order valence-electron chi connectivity index (χ4n) is 1.62. The molecule has 2 heteroatoms. The van der Waals surface area contributed by atoms with E-state index in [2.05, 4.69) is 49.2 Å². The van der Waals surface area contributed by atoms with Gasteiger partial charge in [-0.25, -0.2) is 4.98 Å². The van der Waals surface area contributed by atoms with Gasteiger partial charge in [-0.05, 0) is 12.5 Å². The first kappa shape index (κ1) is 9.41. The Balaban J connectivity index is 2.34. The molecule has 0 fully saturated rings. The zero-order valence-electron chi connectivity index (χ0n) is 8.40. The Morgan fingerprint density at radius 3 is 2.50 bits per heavy atom. The van der Waals surface area contributed by atoms with E-state index in [1.54, 1.807) is 11.3 Å².